The van der Waals surface area contributed by atoms with Crippen LogP contribution in [0.25, 0.3) is 0 Å². The van der Waals surface area contributed by atoms with E-state index in [4.69, 9.17) is 4.74 Å². The number of carbonyl (C=O) groups is 2. The van der Waals surface area contributed by atoms with Crippen LogP contribution in [0.3, 0.4) is 0 Å². The van der Waals surface area contributed by atoms with Crippen molar-refractivity contribution >= 4 is 11.9 Å². The molecule has 0 radical (unpaired) electrons. The van der Waals surface area contributed by atoms with E-state index in [1.54, 1.807) is 12.1 Å². The Morgan fingerprint density at radius 3 is 2.82 bits per heavy atom. The second-order valence-electron chi connectivity index (χ2n) is 8.32. The second kappa shape index (κ2) is 8.95. The molecule has 0 aromatic heterocycles. The molecule has 6 nitrogen and oxygen atoms in total. The van der Waals surface area contributed by atoms with Gasteiger partial charge < -0.3 is 14.7 Å². The van der Waals surface area contributed by atoms with E-state index in [0.717, 1.165) is 64.0 Å². The number of ether oxygens (including phenoxy) is 1. The molecule has 0 unspecified atom stereocenters. The third kappa shape index (κ3) is 4.66. The van der Waals surface area contributed by atoms with Crippen molar-refractivity contribution in [2.24, 2.45) is 5.41 Å². The Balaban J connectivity index is 1.69. The van der Waals surface area contributed by atoms with Gasteiger partial charge in [-0.25, -0.2) is 4.79 Å². The minimum Gasteiger partial charge on any atom is -0.496 e. The van der Waals surface area contributed by atoms with E-state index in [9.17, 15) is 14.7 Å². The number of carbonyl (C=O) groups excluding carboxylic acids is 1. The maximum Gasteiger partial charge on any atom is 0.339 e. The first-order valence-corrected chi connectivity index (χ1v) is 10.4. The molecule has 1 amide bonds. The standard InChI is InChI=1S/C22H32N2O4/c1-3-4-12-24-16-22(10-8-20(24)25)9-5-11-23(15-22)14-17-6-7-19(28-2)18(13-17)21(26)27/h6-7,13H,3-5,8-12,14-16H2,1-2H3,(H,26,27)/t22-/m1/s1. The topological polar surface area (TPSA) is 70.1 Å². The molecule has 1 atom stereocenters. The maximum absolute atomic E-state index is 12.3. The highest BCUT2D eigenvalue weighted by atomic mass is 16.5. The van der Waals surface area contributed by atoms with Crippen molar-refractivity contribution < 1.29 is 19.4 Å². The predicted molar refractivity (Wildman–Crippen MR) is 108 cm³/mol. The molecule has 0 bridgehead atoms. The monoisotopic (exact) mass is 388 g/mol. The Morgan fingerprint density at radius 1 is 1.29 bits per heavy atom. The number of carboxylic acids is 1. The number of hydrogen-bond acceptors (Lipinski definition) is 4. The van der Waals surface area contributed by atoms with E-state index >= 15 is 0 Å². The van der Waals surface area contributed by atoms with Gasteiger partial charge in [-0.3, -0.25) is 9.69 Å². The minimum atomic E-state index is -0.967. The van der Waals surface area contributed by atoms with E-state index in [1.807, 2.05) is 6.07 Å². The summed E-state index contributed by atoms with van der Waals surface area (Å²) in [6.45, 7) is 6.61. The maximum atomic E-state index is 12.3. The Hall–Kier alpha value is -2.08. The molecule has 1 aromatic rings. The lowest BCUT2D eigenvalue weighted by Crippen LogP contribution is -2.53. The van der Waals surface area contributed by atoms with Crippen molar-refractivity contribution in [3.8, 4) is 5.75 Å². The summed E-state index contributed by atoms with van der Waals surface area (Å²) in [6.07, 6.45) is 6.08. The first-order chi connectivity index (χ1) is 13.5. The molecule has 2 heterocycles. The number of amides is 1. The summed E-state index contributed by atoms with van der Waals surface area (Å²) in [5.41, 5.74) is 1.38. The van der Waals surface area contributed by atoms with Crippen LogP contribution in [0.1, 0.15) is 61.4 Å². The zero-order valence-electron chi connectivity index (χ0n) is 17.1. The van der Waals surface area contributed by atoms with Gasteiger partial charge >= 0.3 is 5.97 Å². The zero-order chi connectivity index (χ0) is 20.1. The number of benzene rings is 1. The van der Waals surface area contributed by atoms with Gasteiger partial charge in [0.1, 0.15) is 11.3 Å². The molecule has 1 spiro atoms. The van der Waals surface area contributed by atoms with Crippen molar-refractivity contribution in [1.82, 2.24) is 9.80 Å². The van der Waals surface area contributed by atoms with Gasteiger partial charge in [0.25, 0.3) is 0 Å². The normalized spacial score (nSPS) is 23.2. The lowest BCUT2D eigenvalue weighted by molar-refractivity contribution is -0.139. The summed E-state index contributed by atoms with van der Waals surface area (Å²) in [7, 11) is 1.49. The number of likely N-dealkylation sites (tertiary alicyclic amines) is 2. The molecular formula is C22H32N2O4. The summed E-state index contributed by atoms with van der Waals surface area (Å²) in [5, 5.41) is 9.42. The van der Waals surface area contributed by atoms with Crippen molar-refractivity contribution in [3.63, 3.8) is 0 Å². The molecular weight excluding hydrogens is 356 g/mol. The highest BCUT2D eigenvalue weighted by Gasteiger charge is 2.41. The Labute approximate surface area is 167 Å². The number of nitrogens with zero attached hydrogens (tertiary/aromatic N) is 2. The van der Waals surface area contributed by atoms with Crippen molar-refractivity contribution in [3.05, 3.63) is 29.3 Å². The molecule has 28 heavy (non-hydrogen) atoms. The zero-order valence-corrected chi connectivity index (χ0v) is 17.1. The Kier molecular flexibility index (Phi) is 6.60. The van der Waals surface area contributed by atoms with Crippen LogP contribution in [-0.4, -0.2) is 60.1 Å². The summed E-state index contributed by atoms with van der Waals surface area (Å²) < 4.78 is 5.16. The highest BCUT2D eigenvalue weighted by molar-refractivity contribution is 5.91. The molecule has 2 aliphatic rings. The summed E-state index contributed by atoms with van der Waals surface area (Å²) >= 11 is 0. The second-order valence-corrected chi connectivity index (χ2v) is 8.32. The van der Waals surface area contributed by atoms with Crippen LogP contribution in [0.5, 0.6) is 5.75 Å². The number of rotatable bonds is 7. The van der Waals surface area contributed by atoms with Crippen LogP contribution in [-0.2, 0) is 11.3 Å². The number of methoxy groups -OCH3 is 1. The molecule has 2 fully saturated rings. The van der Waals surface area contributed by atoms with Crippen molar-refractivity contribution in [1.29, 1.82) is 0 Å². The minimum absolute atomic E-state index is 0.183. The number of carboxylic acid groups (broad SMARTS) is 1. The first kappa shape index (κ1) is 20.6. The SMILES string of the molecule is CCCCN1C[C@]2(CCCN(Cc3ccc(OC)c(C(=O)O)c3)C2)CCC1=O. The van der Waals surface area contributed by atoms with Gasteiger partial charge in [-0.05, 0) is 49.9 Å². The lowest BCUT2D eigenvalue weighted by atomic mass is 9.73. The lowest BCUT2D eigenvalue weighted by Gasteiger charge is -2.48. The number of aromatic carboxylic acids is 1. The van der Waals surface area contributed by atoms with Crippen LogP contribution >= 0.6 is 0 Å². The largest absolute Gasteiger partial charge is 0.496 e. The molecule has 2 aliphatic heterocycles. The van der Waals surface area contributed by atoms with Crippen LogP contribution in [0.2, 0.25) is 0 Å². The molecule has 1 N–H and O–H groups in total. The molecule has 154 valence electrons. The van der Waals surface area contributed by atoms with E-state index in [1.165, 1.54) is 13.5 Å². The molecule has 1 aromatic carbocycles. The molecule has 3 rings (SSSR count). The van der Waals surface area contributed by atoms with Gasteiger partial charge in [0.05, 0.1) is 7.11 Å². The third-order valence-electron chi connectivity index (χ3n) is 6.17. The number of hydrogen-bond donors (Lipinski definition) is 1. The summed E-state index contributed by atoms with van der Waals surface area (Å²) in [6, 6.07) is 5.41. The fourth-order valence-corrected chi connectivity index (χ4v) is 4.71. The Morgan fingerprint density at radius 2 is 2.11 bits per heavy atom. The van der Waals surface area contributed by atoms with Crippen LogP contribution in [0.15, 0.2) is 18.2 Å². The van der Waals surface area contributed by atoms with Gasteiger partial charge in [0.15, 0.2) is 0 Å². The fourth-order valence-electron chi connectivity index (χ4n) is 4.71. The van der Waals surface area contributed by atoms with E-state index < -0.39 is 5.97 Å². The van der Waals surface area contributed by atoms with E-state index in [2.05, 4.69) is 16.7 Å². The van der Waals surface area contributed by atoms with Gasteiger partial charge in [0.2, 0.25) is 5.91 Å². The summed E-state index contributed by atoms with van der Waals surface area (Å²) in [4.78, 5) is 28.3. The van der Waals surface area contributed by atoms with Crippen LogP contribution in [0.4, 0.5) is 0 Å². The average molecular weight is 389 g/mol. The van der Waals surface area contributed by atoms with E-state index in [-0.39, 0.29) is 11.0 Å². The number of piperidine rings is 2. The molecule has 2 saturated heterocycles. The first-order valence-electron chi connectivity index (χ1n) is 10.4. The molecule has 6 heteroatoms. The molecule has 0 aliphatic carbocycles. The average Bonchev–Trinajstić information content (AvgIpc) is 2.69. The van der Waals surface area contributed by atoms with E-state index in [0.29, 0.717) is 18.1 Å². The van der Waals surface area contributed by atoms with Crippen LogP contribution in [0, 0.1) is 5.41 Å². The van der Waals surface area contributed by atoms with Gasteiger partial charge in [-0.2, -0.15) is 0 Å². The third-order valence-corrected chi connectivity index (χ3v) is 6.17. The van der Waals surface area contributed by atoms with Gasteiger partial charge in [0, 0.05) is 38.0 Å². The van der Waals surface area contributed by atoms with Gasteiger partial charge in [-0.15, -0.1) is 0 Å². The fraction of sp³-hybridized carbons (Fsp3) is 0.636. The van der Waals surface area contributed by atoms with Crippen molar-refractivity contribution in [2.75, 3.05) is 33.3 Å². The summed E-state index contributed by atoms with van der Waals surface area (Å²) in [5.74, 6) is -0.271. The molecule has 0 saturated carbocycles. The Bertz CT molecular complexity index is 720. The number of unbranched alkanes of at least 4 members (excludes halogenated alkanes) is 1. The predicted octanol–water partition coefficient (Wildman–Crippen LogP) is 3.40. The van der Waals surface area contributed by atoms with Crippen LogP contribution < -0.4 is 4.74 Å². The highest BCUT2D eigenvalue weighted by Crippen LogP contribution is 2.39. The smallest absolute Gasteiger partial charge is 0.339 e. The quantitative estimate of drug-likeness (QED) is 0.775. The van der Waals surface area contributed by atoms with Crippen molar-refractivity contribution in [2.45, 2.75) is 52.0 Å². The van der Waals surface area contributed by atoms with Gasteiger partial charge in [-0.1, -0.05) is 19.4 Å².